The Labute approximate surface area is 98.4 Å². The molecule has 0 spiro atoms. The van der Waals surface area contributed by atoms with E-state index in [-0.39, 0.29) is 5.54 Å². The van der Waals surface area contributed by atoms with Gasteiger partial charge in [0.05, 0.1) is 0 Å². The second kappa shape index (κ2) is 5.53. The van der Waals surface area contributed by atoms with Crippen LogP contribution in [0.4, 0.5) is 0 Å². The smallest absolute Gasteiger partial charge is 0.0470 e. The maximum Gasteiger partial charge on any atom is 0.0470 e. The van der Waals surface area contributed by atoms with Crippen LogP contribution in [0.1, 0.15) is 13.3 Å². The first-order valence-corrected chi connectivity index (χ1v) is 7.05. The van der Waals surface area contributed by atoms with Crippen LogP contribution in [0.15, 0.2) is 0 Å². The number of nitrogens with two attached hydrogens (primary N) is 1. The number of hydrogen-bond donors (Lipinski definition) is 1. The second-order valence-electron chi connectivity index (χ2n) is 4.81. The Morgan fingerprint density at radius 3 is 2.67 bits per heavy atom. The molecule has 0 radical (unpaired) electrons. The Morgan fingerprint density at radius 2 is 2.27 bits per heavy atom. The van der Waals surface area contributed by atoms with Crippen LogP contribution < -0.4 is 5.73 Å². The largest absolute Gasteiger partial charge is 0.329 e. The van der Waals surface area contributed by atoms with Crippen molar-refractivity contribution in [2.24, 2.45) is 5.73 Å². The van der Waals surface area contributed by atoms with Crippen LogP contribution in [0.5, 0.6) is 0 Å². The van der Waals surface area contributed by atoms with Crippen molar-refractivity contribution in [2.75, 3.05) is 45.7 Å². The van der Waals surface area contributed by atoms with Crippen molar-refractivity contribution in [1.82, 2.24) is 9.80 Å². The summed E-state index contributed by atoms with van der Waals surface area (Å²) in [5.41, 5.74) is 6.20. The molecule has 0 aliphatic carbocycles. The Morgan fingerprint density at radius 1 is 1.60 bits per heavy atom. The Hall–Kier alpha value is 0.230. The van der Waals surface area contributed by atoms with Gasteiger partial charge in [-0.3, -0.25) is 4.90 Å². The van der Waals surface area contributed by atoms with E-state index in [2.05, 4.69) is 37.1 Å². The predicted molar refractivity (Wildman–Crippen MR) is 69.5 cm³/mol. The van der Waals surface area contributed by atoms with E-state index in [0.717, 1.165) is 19.6 Å². The van der Waals surface area contributed by atoms with Crippen LogP contribution in [-0.2, 0) is 0 Å². The van der Waals surface area contributed by atoms with E-state index in [1.165, 1.54) is 12.2 Å². The lowest BCUT2D eigenvalue weighted by Crippen LogP contribution is -2.54. The minimum Gasteiger partial charge on any atom is -0.329 e. The van der Waals surface area contributed by atoms with Gasteiger partial charge < -0.3 is 10.6 Å². The van der Waals surface area contributed by atoms with Gasteiger partial charge in [-0.15, -0.1) is 0 Å². The molecule has 0 amide bonds. The quantitative estimate of drug-likeness (QED) is 0.755. The van der Waals surface area contributed by atoms with Crippen molar-refractivity contribution < 1.29 is 0 Å². The molecule has 1 aliphatic heterocycles. The number of hydrogen-bond acceptors (Lipinski definition) is 4. The summed E-state index contributed by atoms with van der Waals surface area (Å²) < 4.78 is 0. The normalized spacial score (nSPS) is 32.8. The highest BCUT2D eigenvalue weighted by Gasteiger charge is 2.42. The molecule has 0 aromatic rings. The van der Waals surface area contributed by atoms with Crippen LogP contribution >= 0.6 is 11.8 Å². The third kappa shape index (κ3) is 2.87. The fourth-order valence-electron chi connectivity index (χ4n) is 2.44. The number of rotatable bonds is 5. The molecule has 2 atom stereocenters. The molecule has 15 heavy (non-hydrogen) atoms. The molecule has 3 nitrogen and oxygen atoms in total. The van der Waals surface area contributed by atoms with Crippen molar-refractivity contribution in [3.63, 3.8) is 0 Å². The molecule has 0 bridgehead atoms. The molecule has 90 valence electrons. The molecule has 0 saturated carbocycles. The number of likely N-dealkylation sites (tertiary alicyclic amines) is 1. The molecule has 2 unspecified atom stereocenters. The molecule has 1 fully saturated rings. The first-order chi connectivity index (χ1) is 7.05. The third-order valence-corrected chi connectivity index (χ3v) is 4.38. The number of thioether (sulfide) groups is 1. The molecule has 2 N–H and O–H groups in total. The van der Waals surface area contributed by atoms with E-state index in [4.69, 9.17) is 5.73 Å². The van der Waals surface area contributed by atoms with Crippen molar-refractivity contribution in [1.29, 1.82) is 0 Å². The lowest BCUT2D eigenvalue weighted by molar-refractivity contribution is 0.142. The van der Waals surface area contributed by atoms with Crippen LogP contribution in [0, 0.1) is 0 Å². The van der Waals surface area contributed by atoms with Gasteiger partial charge in [0.2, 0.25) is 0 Å². The van der Waals surface area contributed by atoms with Gasteiger partial charge in [0.1, 0.15) is 0 Å². The molecule has 0 aromatic heterocycles. The summed E-state index contributed by atoms with van der Waals surface area (Å²) >= 11 is 1.90. The molecular formula is C11H25N3S. The highest BCUT2D eigenvalue weighted by atomic mass is 32.2. The van der Waals surface area contributed by atoms with E-state index in [1.807, 2.05) is 11.8 Å². The Kier molecular flexibility index (Phi) is 4.90. The molecule has 1 saturated heterocycles. The summed E-state index contributed by atoms with van der Waals surface area (Å²) in [5.74, 6) is 1.19. The second-order valence-corrected chi connectivity index (χ2v) is 5.80. The topological polar surface area (TPSA) is 32.5 Å². The summed E-state index contributed by atoms with van der Waals surface area (Å²) in [4.78, 5) is 4.88. The molecule has 1 heterocycles. The van der Waals surface area contributed by atoms with Crippen molar-refractivity contribution in [3.8, 4) is 0 Å². The fraction of sp³-hybridized carbons (Fsp3) is 1.00. The summed E-state index contributed by atoms with van der Waals surface area (Å²) in [6, 6.07) is 0.658. The van der Waals surface area contributed by atoms with E-state index in [0.29, 0.717) is 6.04 Å². The van der Waals surface area contributed by atoms with Crippen molar-refractivity contribution in [2.45, 2.75) is 24.9 Å². The van der Waals surface area contributed by atoms with E-state index >= 15 is 0 Å². The Balaban J connectivity index is 2.61. The minimum atomic E-state index is 0.212. The maximum atomic E-state index is 5.99. The summed E-state index contributed by atoms with van der Waals surface area (Å²) in [6.45, 7) is 5.31. The fourth-order valence-corrected chi connectivity index (χ4v) is 2.89. The van der Waals surface area contributed by atoms with Crippen LogP contribution in [0.3, 0.4) is 0 Å². The summed E-state index contributed by atoms with van der Waals surface area (Å²) in [7, 11) is 4.42. The molecule has 1 rings (SSSR count). The van der Waals surface area contributed by atoms with Gasteiger partial charge in [-0.05, 0) is 33.7 Å². The zero-order valence-electron chi connectivity index (χ0n) is 10.5. The molecule has 0 aromatic carbocycles. The van der Waals surface area contributed by atoms with E-state index in [9.17, 15) is 0 Å². The third-order valence-electron chi connectivity index (χ3n) is 3.79. The van der Waals surface area contributed by atoms with E-state index < -0.39 is 0 Å². The summed E-state index contributed by atoms with van der Waals surface area (Å²) in [5, 5.41) is 0. The number of nitrogens with zero attached hydrogens (tertiary/aromatic N) is 2. The average Bonchev–Trinajstić information content (AvgIpc) is 2.52. The zero-order chi connectivity index (χ0) is 11.5. The van der Waals surface area contributed by atoms with Gasteiger partial charge in [-0.1, -0.05) is 0 Å². The Bertz CT molecular complexity index is 188. The maximum absolute atomic E-state index is 5.99. The van der Waals surface area contributed by atoms with Crippen LogP contribution in [0.25, 0.3) is 0 Å². The van der Waals surface area contributed by atoms with Gasteiger partial charge >= 0.3 is 0 Å². The number of likely N-dealkylation sites (N-methyl/N-ethyl adjacent to an activating group) is 2. The molecular weight excluding hydrogens is 206 g/mol. The van der Waals surface area contributed by atoms with Crippen LogP contribution in [0.2, 0.25) is 0 Å². The summed E-state index contributed by atoms with van der Waals surface area (Å²) in [6.07, 6.45) is 3.36. The SMILES string of the molecule is CSCCN(C)C1(CN)CC(C)N(C)C1. The standard InChI is InChI=1S/C11H25N3S/c1-10-7-11(8-12,9-13(10)2)14(3)5-6-15-4/h10H,5-9,12H2,1-4H3. The molecule has 1 aliphatic rings. The first-order valence-electron chi connectivity index (χ1n) is 5.66. The van der Waals surface area contributed by atoms with Crippen molar-refractivity contribution >= 4 is 11.8 Å². The average molecular weight is 231 g/mol. The minimum absolute atomic E-state index is 0.212. The van der Waals surface area contributed by atoms with Gasteiger partial charge in [0, 0.05) is 37.0 Å². The molecule has 4 heteroatoms. The highest BCUT2D eigenvalue weighted by molar-refractivity contribution is 7.98. The lowest BCUT2D eigenvalue weighted by atomic mass is 9.94. The van der Waals surface area contributed by atoms with Gasteiger partial charge in [-0.2, -0.15) is 11.8 Å². The monoisotopic (exact) mass is 231 g/mol. The predicted octanol–water partition coefficient (Wildman–Crippen LogP) is 0.703. The van der Waals surface area contributed by atoms with E-state index in [1.54, 1.807) is 0 Å². The highest BCUT2D eigenvalue weighted by Crippen LogP contribution is 2.29. The lowest BCUT2D eigenvalue weighted by Gasteiger charge is -2.37. The van der Waals surface area contributed by atoms with Gasteiger partial charge in [0.25, 0.3) is 0 Å². The van der Waals surface area contributed by atoms with Gasteiger partial charge in [0.15, 0.2) is 0 Å². The van der Waals surface area contributed by atoms with Crippen molar-refractivity contribution in [3.05, 3.63) is 0 Å². The zero-order valence-corrected chi connectivity index (χ0v) is 11.3. The first kappa shape index (κ1) is 13.3. The van der Waals surface area contributed by atoms with Crippen LogP contribution in [-0.4, -0.2) is 67.1 Å². The van der Waals surface area contributed by atoms with Gasteiger partial charge in [-0.25, -0.2) is 0 Å².